The van der Waals surface area contributed by atoms with Crippen molar-refractivity contribution >= 4 is 11.7 Å². The number of rotatable bonds is 1. The lowest BCUT2D eigenvalue weighted by Crippen LogP contribution is -2.47. The SMILES string of the molecule is O=C1[C@@H]2CCC[C@H]1CC(C(=O)N1CCOCC1)C2. The molecule has 1 unspecified atom stereocenters. The van der Waals surface area contributed by atoms with Crippen molar-refractivity contribution in [1.29, 1.82) is 0 Å². The molecule has 100 valence electrons. The number of fused-ring (bicyclic) bond motifs is 2. The molecule has 1 heterocycles. The summed E-state index contributed by atoms with van der Waals surface area (Å²) in [6.07, 6.45) is 4.76. The predicted octanol–water partition coefficient (Wildman–Crippen LogP) is 1.24. The molecular weight excluding hydrogens is 230 g/mol. The second kappa shape index (κ2) is 5.00. The van der Waals surface area contributed by atoms with E-state index in [-0.39, 0.29) is 23.7 Å². The van der Waals surface area contributed by atoms with Crippen molar-refractivity contribution in [1.82, 2.24) is 4.90 Å². The zero-order chi connectivity index (χ0) is 12.5. The van der Waals surface area contributed by atoms with Crippen LogP contribution in [0.15, 0.2) is 0 Å². The maximum Gasteiger partial charge on any atom is 0.225 e. The Kier molecular flexibility index (Phi) is 3.37. The second-order valence-corrected chi connectivity index (χ2v) is 5.83. The minimum Gasteiger partial charge on any atom is -0.378 e. The second-order valence-electron chi connectivity index (χ2n) is 5.83. The Morgan fingerprint density at radius 1 is 1.11 bits per heavy atom. The van der Waals surface area contributed by atoms with Crippen molar-refractivity contribution in [3.05, 3.63) is 0 Å². The molecule has 2 aliphatic carbocycles. The van der Waals surface area contributed by atoms with E-state index >= 15 is 0 Å². The lowest BCUT2D eigenvalue weighted by molar-refractivity contribution is -0.146. The smallest absolute Gasteiger partial charge is 0.225 e. The number of morpholine rings is 1. The van der Waals surface area contributed by atoms with Crippen LogP contribution in [-0.4, -0.2) is 42.9 Å². The molecule has 3 fully saturated rings. The van der Waals surface area contributed by atoms with Crippen molar-refractivity contribution in [3.63, 3.8) is 0 Å². The highest BCUT2D eigenvalue weighted by Crippen LogP contribution is 2.40. The molecule has 0 aromatic heterocycles. The highest BCUT2D eigenvalue weighted by molar-refractivity contribution is 5.88. The Bertz CT molecular complexity index is 333. The molecule has 0 spiro atoms. The molecule has 1 amide bonds. The van der Waals surface area contributed by atoms with Crippen LogP contribution in [0, 0.1) is 17.8 Å². The van der Waals surface area contributed by atoms with Gasteiger partial charge >= 0.3 is 0 Å². The molecule has 0 aromatic rings. The van der Waals surface area contributed by atoms with Gasteiger partial charge in [0.05, 0.1) is 13.2 Å². The highest BCUT2D eigenvalue weighted by atomic mass is 16.5. The average Bonchev–Trinajstić information content (AvgIpc) is 2.38. The van der Waals surface area contributed by atoms with Crippen LogP contribution in [0.1, 0.15) is 32.1 Å². The van der Waals surface area contributed by atoms with Gasteiger partial charge in [-0.1, -0.05) is 6.42 Å². The van der Waals surface area contributed by atoms with Crippen molar-refractivity contribution in [2.24, 2.45) is 17.8 Å². The largest absolute Gasteiger partial charge is 0.378 e. The number of carbonyl (C=O) groups is 2. The molecule has 4 nitrogen and oxygen atoms in total. The number of ether oxygens (including phenoxy) is 1. The van der Waals surface area contributed by atoms with Crippen molar-refractivity contribution in [2.75, 3.05) is 26.3 Å². The summed E-state index contributed by atoms with van der Waals surface area (Å²) in [5, 5.41) is 0. The van der Waals surface area contributed by atoms with Gasteiger partial charge in [-0.2, -0.15) is 0 Å². The van der Waals surface area contributed by atoms with Crippen LogP contribution in [0.2, 0.25) is 0 Å². The summed E-state index contributed by atoms with van der Waals surface area (Å²) in [4.78, 5) is 26.4. The molecule has 3 atom stereocenters. The van der Waals surface area contributed by atoms with Crippen LogP contribution in [0.5, 0.6) is 0 Å². The summed E-state index contributed by atoms with van der Waals surface area (Å²) in [6.45, 7) is 2.76. The van der Waals surface area contributed by atoms with Gasteiger partial charge in [-0.25, -0.2) is 0 Å². The third-order valence-corrected chi connectivity index (χ3v) is 4.72. The van der Waals surface area contributed by atoms with Crippen LogP contribution >= 0.6 is 0 Å². The number of carbonyl (C=O) groups excluding carboxylic acids is 2. The van der Waals surface area contributed by atoms with Crippen LogP contribution in [-0.2, 0) is 14.3 Å². The molecule has 18 heavy (non-hydrogen) atoms. The molecule has 4 heteroatoms. The van der Waals surface area contributed by atoms with E-state index in [1.165, 1.54) is 6.42 Å². The topological polar surface area (TPSA) is 46.6 Å². The predicted molar refractivity (Wildman–Crippen MR) is 66.0 cm³/mol. The van der Waals surface area contributed by atoms with E-state index in [4.69, 9.17) is 4.74 Å². The van der Waals surface area contributed by atoms with Gasteiger partial charge in [0.2, 0.25) is 5.91 Å². The summed E-state index contributed by atoms with van der Waals surface area (Å²) in [6, 6.07) is 0. The Morgan fingerprint density at radius 3 is 2.33 bits per heavy atom. The average molecular weight is 251 g/mol. The summed E-state index contributed by atoms with van der Waals surface area (Å²) in [5.41, 5.74) is 0. The molecule has 3 rings (SSSR count). The first-order valence-corrected chi connectivity index (χ1v) is 7.16. The van der Waals surface area contributed by atoms with E-state index in [1.54, 1.807) is 0 Å². The van der Waals surface area contributed by atoms with E-state index in [1.807, 2.05) is 4.90 Å². The molecule has 1 saturated heterocycles. The fraction of sp³-hybridized carbons (Fsp3) is 0.857. The quantitative estimate of drug-likeness (QED) is 0.704. The van der Waals surface area contributed by atoms with Gasteiger partial charge in [0.1, 0.15) is 5.78 Å². The minimum absolute atomic E-state index is 0.0936. The van der Waals surface area contributed by atoms with Gasteiger partial charge in [0, 0.05) is 30.8 Å². The van der Waals surface area contributed by atoms with E-state index in [9.17, 15) is 9.59 Å². The first-order chi connectivity index (χ1) is 8.75. The third kappa shape index (κ3) is 2.18. The number of ketones is 1. The van der Waals surface area contributed by atoms with E-state index in [2.05, 4.69) is 0 Å². The fourth-order valence-electron chi connectivity index (χ4n) is 3.72. The third-order valence-electron chi connectivity index (χ3n) is 4.72. The van der Waals surface area contributed by atoms with Crippen molar-refractivity contribution in [2.45, 2.75) is 32.1 Å². The van der Waals surface area contributed by atoms with Crippen LogP contribution in [0.4, 0.5) is 0 Å². The van der Waals surface area contributed by atoms with Gasteiger partial charge in [-0.05, 0) is 25.7 Å². The molecule has 3 aliphatic rings. The number of nitrogens with zero attached hydrogens (tertiary/aromatic N) is 1. The first-order valence-electron chi connectivity index (χ1n) is 7.16. The standard InChI is InChI=1S/C14H21NO3/c16-13-10-2-1-3-11(13)9-12(8-10)14(17)15-4-6-18-7-5-15/h10-12H,1-9H2/t10-,11+,12?. The number of hydrogen-bond acceptors (Lipinski definition) is 3. The molecular formula is C14H21NO3. The van der Waals surface area contributed by atoms with Crippen LogP contribution in [0.25, 0.3) is 0 Å². The van der Waals surface area contributed by atoms with E-state index < -0.39 is 0 Å². The Morgan fingerprint density at radius 2 is 1.72 bits per heavy atom. The summed E-state index contributed by atoms with van der Waals surface area (Å²) in [7, 11) is 0. The Balaban J connectivity index is 1.66. The van der Waals surface area contributed by atoms with Gasteiger partial charge in [0.15, 0.2) is 0 Å². The maximum atomic E-state index is 12.5. The molecule has 2 saturated carbocycles. The minimum atomic E-state index is 0.0936. The van der Waals surface area contributed by atoms with Crippen LogP contribution in [0.3, 0.4) is 0 Å². The zero-order valence-corrected chi connectivity index (χ0v) is 10.8. The zero-order valence-electron chi connectivity index (χ0n) is 10.8. The van der Waals surface area contributed by atoms with Gasteiger partial charge in [-0.15, -0.1) is 0 Å². The summed E-state index contributed by atoms with van der Waals surface area (Å²) >= 11 is 0. The fourth-order valence-corrected chi connectivity index (χ4v) is 3.72. The maximum absolute atomic E-state index is 12.5. The monoisotopic (exact) mass is 251 g/mol. The molecule has 2 bridgehead atoms. The van der Waals surface area contributed by atoms with Crippen molar-refractivity contribution < 1.29 is 14.3 Å². The normalized spacial score (nSPS) is 36.6. The molecule has 0 radical (unpaired) electrons. The molecule has 0 N–H and O–H groups in total. The Labute approximate surface area is 108 Å². The van der Waals surface area contributed by atoms with Crippen LogP contribution < -0.4 is 0 Å². The van der Waals surface area contributed by atoms with E-state index in [0.717, 1.165) is 38.8 Å². The lowest BCUT2D eigenvalue weighted by Gasteiger charge is -2.39. The van der Waals surface area contributed by atoms with Gasteiger partial charge < -0.3 is 9.64 Å². The van der Waals surface area contributed by atoms with Gasteiger partial charge in [-0.3, -0.25) is 9.59 Å². The lowest BCUT2D eigenvalue weighted by atomic mass is 9.67. The van der Waals surface area contributed by atoms with E-state index in [0.29, 0.717) is 19.0 Å². The number of hydrogen-bond donors (Lipinski definition) is 0. The summed E-state index contributed by atoms with van der Waals surface area (Å²) in [5.74, 6) is 1.14. The molecule has 0 aromatic carbocycles. The highest BCUT2D eigenvalue weighted by Gasteiger charge is 2.42. The number of amides is 1. The first kappa shape index (κ1) is 12.2. The molecule has 1 aliphatic heterocycles. The Hall–Kier alpha value is -0.900. The van der Waals surface area contributed by atoms with Crippen molar-refractivity contribution in [3.8, 4) is 0 Å². The van der Waals surface area contributed by atoms with Gasteiger partial charge in [0.25, 0.3) is 0 Å². The summed E-state index contributed by atoms with van der Waals surface area (Å²) < 4.78 is 5.28. The number of Topliss-reactive ketones (excluding diaryl/α,β-unsaturated/α-hetero) is 1.